The molecule has 5 aromatic rings. The smallest absolute Gasteiger partial charge is 0.299 e. The van der Waals surface area contributed by atoms with E-state index in [2.05, 4.69) is 15.7 Å². The first-order chi connectivity index (χ1) is 18.5. The molecule has 0 saturated heterocycles. The fraction of sp³-hybridized carbons (Fsp3) is 0.0690. The van der Waals surface area contributed by atoms with Crippen LogP contribution >= 0.6 is 11.6 Å². The van der Waals surface area contributed by atoms with E-state index in [1.54, 1.807) is 73.0 Å². The maximum atomic E-state index is 13.6. The fourth-order valence-electron chi connectivity index (χ4n) is 3.79. The summed E-state index contributed by atoms with van der Waals surface area (Å²) < 4.78 is 12.6. The van der Waals surface area contributed by atoms with Crippen LogP contribution in [0, 0.1) is 6.92 Å². The first kappa shape index (κ1) is 24.9. The van der Waals surface area contributed by atoms with E-state index in [0.717, 1.165) is 5.56 Å². The van der Waals surface area contributed by atoms with Crippen molar-refractivity contribution in [2.75, 3.05) is 5.32 Å². The normalized spacial score (nSPS) is 10.7. The molecule has 0 unspecified atom stereocenters. The predicted molar refractivity (Wildman–Crippen MR) is 146 cm³/mol. The van der Waals surface area contributed by atoms with Crippen molar-refractivity contribution >= 4 is 28.9 Å². The average Bonchev–Trinajstić information content (AvgIpc) is 3.43. The second kappa shape index (κ2) is 11.1. The number of furan rings is 1. The minimum atomic E-state index is -0.454. The molecule has 0 bridgehead atoms. The van der Waals surface area contributed by atoms with E-state index >= 15 is 0 Å². The Morgan fingerprint density at radius 3 is 2.66 bits per heavy atom. The molecule has 0 saturated carbocycles. The summed E-state index contributed by atoms with van der Waals surface area (Å²) in [6, 6.07) is 24.6. The van der Waals surface area contributed by atoms with Crippen molar-refractivity contribution in [3.63, 3.8) is 0 Å². The Balaban J connectivity index is 1.49. The highest BCUT2D eigenvalue weighted by Crippen LogP contribution is 2.29. The van der Waals surface area contributed by atoms with Crippen molar-refractivity contribution < 1.29 is 13.9 Å². The monoisotopic (exact) mass is 526 g/mol. The number of nitrogens with zero attached hydrogens (tertiary/aromatic N) is 2. The number of anilines is 2. The van der Waals surface area contributed by atoms with Crippen LogP contribution in [0.15, 0.2) is 107 Å². The zero-order valence-electron chi connectivity index (χ0n) is 20.4. The topological polar surface area (TPSA) is 98.4 Å². The Hall–Kier alpha value is -4.82. The first-order valence-corrected chi connectivity index (χ1v) is 12.1. The van der Waals surface area contributed by atoms with Gasteiger partial charge in [0.15, 0.2) is 11.4 Å². The molecular formula is C29H23ClN4O4. The molecule has 0 spiro atoms. The number of carbonyl (C=O) groups excluding carboxylic acids is 1. The summed E-state index contributed by atoms with van der Waals surface area (Å²) in [5.41, 5.74) is 2.13. The van der Waals surface area contributed by atoms with Gasteiger partial charge in [0, 0.05) is 16.3 Å². The zero-order chi connectivity index (χ0) is 26.5. The highest BCUT2D eigenvalue weighted by Gasteiger charge is 2.17. The van der Waals surface area contributed by atoms with Gasteiger partial charge >= 0.3 is 0 Å². The van der Waals surface area contributed by atoms with Crippen molar-refractivity contribution in [2.24, 2.45) is 0 Å². The highest BCUT2D eigenvalue weighted by atomic mass is 35.5. The quantitative estimate of drug-likeness (QED) is 0.248. The lowest BCUT2D eigenvalue weighted by Crippen LogP contribution is -2.24. The molecule has 5 rings (SSSR count). The SMILES string of the molecule is Cc1cccc(Oc2cnn(-c3cccc(Cl)c3)c(=O)c2Nc2cccc(C(=O)NCc3ccco3)c2)c1. The van der Waals surface area contributed by atoms with E-state index in [-0.39, 0.29) is 23.9 Å². The second-order valence-corrected chi connectivity index (χ2v) is 8.90. The van der Waals surface area contributed by atoms with Gasteiger partial charge in [-0.25, -0.2) is 0 Å². The number of rotatable bonds is 8. The summed E-state index contributed by atoms with van der Waals surface area (Å²) >= 11 is 6.15. The van der Waals surface area contributed by atoms with E-state index in [4.69, 9.17) is 20.8 Å². The molecule has 0 radical (unpaired) electrons. The second-order valence-electron chi connectivity index (χ2n) is 8.47. The molecule has 9 heteroatoms. The number of hydrogen-bond donors (Lipinski definition) is 2. The molecule has 0 aliphatic heterocycles. The van der Waals surface area contributed by atoms with Gasteiger partial charge in [-0.1, -0.05) is 35.9 Å². The number of nitrogens with one attached hydrogen (secondary N) is 2. The molecule has 2 N–H and O–H groups in total. The number of aryl methyl sites for hydroxylation is 1. The molecule has 3 aromatic carbocycles. The summed E-state index contributed by atoms with van der Waals surface area (Å²) in [5.74, 6) is 1.14. The summed E-state index contributed by atoms with van der Waals surface area (Å²) in [5, 5.41) is 10.7. The maximum absolute atomic E-state index is 13.6. The van der Waals surface area contributed by atoms with Crippen molar-refractivity contribution in [2.45, 2.75) is 13.5 Å². The van der Waals surface area contributed by atoms with Crippen molar-refractivity contribution in [3.05, 3.63) is 130 Å². The summed E-state index contributed by atoms with van der Waals surface area (Å²) in [7, 11) is 0. The summed E-state index contributed by atoms with van der Waals surface area (Å²) in [6.45, 7) is 2.20. The van der Waals surface area contributed by atoms with Crippen molar-refractivity contribution in [1.82, 2.24) is 15.1 Å². The van der Waals surface area contributed by atoms with Crippen LogP contribution in [0.1, 0.15) is 21.7 Å². The minimum Gasteiger partial charge on any atom is -0.467 e. The number of ether oxygens (including phenoxy) is 1. The molecule has 1 amide bonds. The van der Waals surface area contributed by atoms with E-state index in [1.165, 1.54) is 10.9 Å². The number of halogens is 1. The maximum Gasteiger partial charge on any atom is 0.299 e. The van der Waals surface area contributed by atoms with Gasteiger partial charge in [-0.05, 0) is 73.2 Å². The van der Waals surface area contributed by atoms with Crippen LogP contribution in [-0.4, -0.2) is 15.7 Å². The zero-order valence-corrected chi connectivity index (χ0v) is 21.1. The van der Waals surface area contributed by atoms with Crippen LogP contribution in [0.4, 0.5) is 11.4 Å². The van der Waals surface area contributed by atoms with Crippen LogP contribution in [0.3, 0.4) is 0 Å². The average molecular weight is 527 g/mol. The predicted octanol–water partition coefficient (Wildman–Crippen LogP) is 6.25. The molecule has 190 valence electrons. The first-order valence-electron chi connectivity index (χ1n) is 11.8. The van der Waals surface area contributed by atoms with Crippen molar-refractivity contribution in [3.8, 4) is 17.2 Å². The third-order valence-corrected chi connectivity index (χ3v) is 5.85. The Morgan fingerprint density at radius 1 is 1.03 bits per heavy atom. The van der Waals surface area contributed by atoms with Crippen LogP contribution in [0.2, 0.25) is 5.02 Å². The van der Waals surface area contributed by atoms with Crippen LogP contribution < -0.4 is 20.9 Å². The number of aromatic nitrogens is 2. The summed E-state index contributed by atoms with van der Waals surface area (Å²) in [4.78, 5) is 26.4. The number of carbonyl (C=O) groups is 1. The molecule has 0 fully saturated rings. The minimum absolute atomic E-state index is 0.148. The molecule has 8 nitrogen and oxygen atoms in total. The van der Waals surface area contributed by atoms with Crippen LogP contribution in [-0.2, 0) is 6.54 Å². The number of benzene rings is 3. The number of hydrogen-bond acceptors (Lipinski definition) is 6. The van der Waals surface area contributed by atoms with E-state index < -0.39 is 5.56 Å². The van der Waals surface area contributed by atoms with Crippen LogP contribution in [0.25, 0.3) is 5.69 Å². The van der Waals surface area contributed by atoms with E-state index in [0.29, 0.717) is 33.5 Å². The largest absolute Gasteiger partial charge is 0.467 e. The van der Waals surface area contributed by atoms with Gasteiger partial charge < -0.3 is 19.8 Å². The highest BCUT2D eigenvalue weighted by molar-refractivity contribution is 6.30. The van der Waals surface area contributed by atoms with E-state index in [9.17, 15) is 9.59 Å². The van der Waals surface area contributed by atoms with Gasteiger partial charge in [0.25, 0.3) is 11.5 Å². The van der Waals surface area contributed by atoms with Gasteiger partial charge in [0.2, 0.25) is 0 Å². The molecular weight excluding hydrogens is 504 g/mol. The Bertz CT molecular complexity index is 1650. The van der Waals surface area contributed by atoms with E-state index in [1.807, 2.05) is 25.1 Å². The Morgan fingerprint density at radius 2 is 1.87 bits per heavy atom. The number of amides is 1. The van der Waals surface area contributed by atoms with Gasteiger partial charge in [0.05, 0.1) is 24.7 Å². The standard InChI is InChI=1S/C29H23ClN4O4/c1-19-6-2-11-24(14-19)38-26-18-32-34(23-10-4-8-21(30)16-23)29(36)27(26)33-22-9-3-7-20(15-22)28(35)31-17-25-12-5-13-37-25/h2-16,18,33H,17H2,1H3,(H,31,35). The van der Waals surface area contributed by atoms with Gasteiger partial charge in [-0.15, -0.1) is 0 Å². The third-order valence-electron chi connectivity index (χ3n) is 5.61. The Labute approximate surface area is 223 Å². The van der Waals surface area contributed by atoms with Gasteiger partial charge in [-0.2, -0.15) is 9.78 Å². The molecule has 2 aromatic heterocycles. The fourth-order valence-corrected chi connectivity index (χ4v) is 3.98. The lowest BCUT2D eigenvalue weighted by Gasteiger charge is -2.15. The molecule has 0 aliphatic carbocycles. The molecule has 0 aliphatic rings. The van der Waals surface area contributed by atoms with Crippen molar-refractivity contribution in [1.29, 1.82) is 0 Å². The lowest BCUT2D eigenvalue weighted by molar-refractivity contribution is 0.0948. The van der Waals surface area contributed by atoms with Crippen LogP contribution in [0.5, 0.6) is 11.5 Å². The van der Waals surface area contributed by atoms with Gasteiger partial charge in [0.1, 0.15) is 11.5 Å². The molecule has 0 atom stereocenters. The lowest BCUT2D eigenvalue weighted by atomic mass is 10.2. The molecule has 2 heterocycles. The summed E-state index contributed by atoms with van der Waals surface area (Å²) in [6.07, 6.45) is 3.01. The molecule has 38 heavy (non-hydrogen) atoms. The third kappa shape index (κ3) is 5.77. The Kier molecular flexibility index (Phi) is 7.24. The van der Waals surface area contributed by atoms with Gasteiger partial charge in [-0.3, -0.25) is 9.59 Å².